The quantitative estimate of drug-likeness (QED) is 0.793. The van der Waals surface area contributed by atoms with Crippen molar-refractivity contribution in [3.05, 3.63) is 35.9 Å². The van der Waals surface area contributed by atoms with Crippen molar-refractivity contribution in [3.63, 3.8) is 0 Å². The van der Waals surface area contributed by atoms with Crippen LogP contribution >= 0.6 is 0 Å². The average Bonchev–Trinajstić information content (AvgIpc) is 3.08. The van der Waals surface area contributed by atoms with Crippen LogP contribution < -0.4 is 5.32 Å². The molecule has 1 N–H and O–H groups in total. The van der Waals surface area contributed by atoms with Crippen LogP contribution in [-0.2, 0) is 10.2 Å². The van der Waals surface area contributed by atoms with Crippen molar-refractivity contribution in [2.75, 3.05) is 20.8 Å². The van der Waals surface area contributed by atoms with Crippen LogP contribution in [0.2, 0.25) is 0 Å². The summed E-state index contributed by atoms with van der Waals surface area (Å²) in [6.07, 6.45) is 2.54. The van der Waals surface area contributed by atoms with E-state index in [4.69, 9.17) is 4.74 Å². The summed E-state index contributed by atoms with van der Waals surface area (Å²) in [6, 6.07) is 11.2. The lowest BCUT2D eigenvalue weighted by Crippen LogP contribution is -2.41. The van der Waals surface area contributed by atoms with Gasteiger partial charge in [-0.3, -0.25) is 0 Å². The largest absolute Gasteiger partial charge is 0.383 e. The lowest BCUT2D eigenvalue weighted by molar-refractivity contribution is 0.154. The Morgan fingerprint density at radius 1 is 1.33 bits per heavy atom. The van der Waals surface area contributed by atoms with Crippen LogP contribution in [0.3, 0.4) is 0 Å². The van der Waals surface area contributed by atoms with Crippen molar-refractivity contribution in [1.29, 1.82) is 0 Å². The molecule has 2 nitrogen and oxygen atoms in total. The number of benzene rings is 1. The van der Waals surface area contributed by atoms with Gasteiger partial charge in [-0.05, 0) is 25.5 Å². The minimum absolute atomic E-state index is 0.325. The maximum Gasteiger partial charge on any atom is 0.0624 e. The monoisotopic (exact) mass is 205 g/mol. The Morgan fingerprint density at radius 2 is 2.00 bits per heavy atom. The molecule has 1 aromatic rings. The van der Waals surface area contributed by atoms with Crippen LogP contribution in [0.5, 0.6) is 0 Å². The van der Waals surface area contributed by atoms with Crippen molar-refractivity contribution in [2.24, 2.45) is 0 Å². The third kappa shape index (κ3) is 1.92. The molecule has 1 aromatic carbocycles. The minimum Gasteiger partial charge on any atom is -0.383 e. The van der Waals surface area contributed by atoms with Gasteiger partial charge in [-0.25, -0.2) is 0 Å². The van der Waals surface area contributed by atoms with E-state index in [2.05, 4.69) is 35.6 Å². The molecule has 1 aliphatic carbocycles. The molecule has 0 amide bonds. The van der Waals surface area contributed by atoms with Crippen LogP contribution in [0.1, 0.15) is 18.4 Å². The minimum atomic E-state index is 0.325. The number of hydrogen-bond donors (Lipinski definition) is 1. The summed E-state index contributed by atoms with van der Waals surface area (Å²) in [4.78, 5) is 0. The van der Waals surface area contributed by atoms with Crippen LogP contribution in [0, 0.1) is 0 Å². The fourth-order valence-electron chi connectivity index (χ4n) is 2.43. The normalized spacial score (nSPS) is 19.9. The van der Waals surface area contributed by atoms with E-state index in [1.807, 2.05) is 7.05 Å². The van der Waals surface area contributed by atoms with E-state index in [0.717, 1.165) is 6.61 Å². The van der Waals surface area contributed by atoms with Gasteiger partial charge in [-0.15, -0.1) is 0 Å². The van der Waals surface area contributed by atoms with Crippen molar-refractivity contribution in [1.82, 2.24) is 5.32 Å². The molecule has 0 aliphatic heterocycles. The lowest BCUT2D eigenvalue weighted by Gasteiger charge is -2.26. The zero-order valence-electron chi connectivity index (χ0n) is 9.49. The Labute approximate surface area is 91.6 Å². The number of likely N-dealkylation sites (N-methyl/N-ethyl adjacent to an activating group) is 1. The van der Waals surface area contributed by atoms with E-state index in [0.29, 0.717) is 11.5 Å². The summed E-state index contributed by atoms with van der Waals surface area (Å²) in [5.41, 5.74) is 1.77. The molecule has 1 atom stereocenters. The van der Waals surface area contributed by atoms with Crippen LogP contribution in [0.4, 0.5) is 0 Å². The van der Waals surface area contributed by atoms with Crippen molar-refractivity contribution >= 4 is 0 Å². The summed E-state index contributed by atoms with van der Waals surface area (Å²) >= 11 is 0. The van der Waals surface area contributed by atoms with E-state index in [-0.39, 0.29) is 0 Å². The molecule has 0 bridgehead atoms. The third-order valence-corrected chi connectivity index (χ3v) is 3.49. The SMILES string of the molecule is CNC(COC)C1(c2ccccc2)CC1. The van der Waals surface area contributed by atoms with E-state index >= 15 is 0 Å². The highest BCUT2D eigenvalue weighted by atomic mass is 16.5. The first-order valence-electron chi connectivity index (χ1n) is 5.55. The van der Waals surface area contributed by atoms with E-state index in [1.54, 1.807) is 7.11 Å². The molecule has 2 rings (SSSR count). The van der Waals surface area contributed by atoms with Gasteiger partial charge in [0.25, 0.3) is 0 Å². The number of hydrogen-bond acceptors (Lipinski definition) is 2. The van der Waals surface area contributed by atoms with Gasteiger partial charge in [-0.2, -0.15) is 0 Å². The van der Waals surface area contributed by atoms with Gasteiger partial charge in [0.1, 0.15) is 0 Å². The third-order valence-electron chi connectivity index (χ3n) is 3.49. The van der Waals surface area contributed by atoms with E-state index in [1.165, 1.54) is 18.4 Å². The molecular weight excluding hydrogens is 186 g/mol. The summed E-state index contributed by atoms with van der Waals surface area (Å²) in [5, 5.41) is 3.38. The first-order chi connectivity index (χ1) is 7.33. The molecule has 0 saturated heterocycles. The smallest absolute Gasteiger partial charge is 0.0624 e. The number of ether oxygens (including phenoxy) is 1. The number of methoxy groups -OCH3 is 1. The van der Waals surface area contributed by atoms with Crippen LogP contribution in [0.25, 0.3) is 0 Å². The highest BCUT2D eigenvalue weighted by molar-refractivity contribution is 5.33. The van der Waals surface area contributed by atoms with Gasteiger partial charge in [-0.1, -0.05) is 30.3 Å². The maximum atomic E-state index is 5.28. The number of nitrogens with one attached hydrogen (secondary N) is 1. The molecule has 82 valence electrons. The molecule has 2 heteroatoms. The summed E-state index contributed by atoms with van der Waals surface area (Å²) in [7, 11) is 3.79. The Kier molecular flexibility index (Phi) is 3.08. The van der Waals surface area contributed by atoms with Gasteiger partial charge in [0.05, 0.1) is 6.61 Å². The van der Waals surface area contributed by atoms with Crippen LogP contribution in [-0.4, -0.2) is 26.8 Å². The molecule has 0 heterocycles. The molecule has 0 radical (unpaired) electrons. The summed E-state index contributed by atoms with van der Waals surface area (Å²) in [6.45, 7) is 0.783. The van der Waals surface area contributed by atoms with Crippen molar-refractivity contribution < 1.29 is 4.74 Å². The topological polar surface area (TPSA) is 21.3 Å². The fraction of sp³-hybridized carbons (Fsp3) is 0.538. The highest BCUT2D eigenvalue weighted by Crippen LogP contribution is 2.50. The Balaban J connectivity index is 2.19. The standard InChI is InChI=1S/C13H19NO/c1-14-12(10-15-2)13(8-9-13)11-6-4-3-5-7-11/h3-7,12,14H,8-10H2,1-2H3. The Morgan fingerprint density at radius 3 is 2.47 bits per heavy atom. The molecule has 1 aliphatic rings. The fourth-order valence-corrected chi connectivity index (χ4v) is 2.43. The van der Waals surface area contributed by atoms with Gasteiger partial charge in [0.2, 0.25) is 0 Å². The Hall–Kier alpha value is -0.860. The second kappa shape index (κ2) is 4.33. The van der Waals surface area contributed by atoms with Crippen molar-refractivity contribution in [3.8, 4) is 0 Å². The zero-order chi connectivity index (χ0) is 10.7. The molecule has 1 unspecified atom stereocenters. The molecule has 15 heavy (non-hydrogen) atoms. The maximum absolute atomic E-state index is 5.28. The predicted octanol–water partition coefficient (Wildman–Crippen LogP) is 1.95. The predicted molar refractivity (Wildman–Crippen MR) is 62.1 cm³/mol. The highest BCUT2D eigenvalue weighted by Gasteiger charge is 2.49. The van der Waals surface area contributed by atoms with Gasteiger partial charge >= 0.3 is 0 Å². The van der Waals surface area contributed by atoms with Gasteiger partial charge in [0, 0.05) is 18.6 Å². The molecule has 1 fully saturated rings. The lowest BCUT2D eigenvalue weighted by atomic mass is 9.88. The summed E-state index contributed by atoms with van der Waals surface area (Å²) in [5.74, 6) is 0. The Bertz CT molecular complexity index is 306. The second-order valence-electron chi connectivity index (χ2n) is 4.32. The van der Waals surface area contributed by atoms with E-state index < -0.39 is 0 Å². The van der Waals surface area contributed by atoms with E-state index in [9.17, 15) is 0 Å². The van der Waals surface area contributed by atoms with Gasteiger partial charge in [0.15, 0.2) is 0 Å². The molecule has 0 spiro atoms. The van der Waals surface area contributed by atoms with Crippen molar-refractivity contribution in [2.45, 2.75) is 24.3 Å². The first kappa shape index (κ1) is 10.7. The molecule has 0 aromatic heterocycles. The average molecular weight is 205 g/mol. The van der Waals surface area contributed by atoms with Crippen LogP contribution in [0.15, 0.2) is 30.3 Å². The van der Waals surface area contributed by atoms with Gasteiger partial charge < -0.3 is 10.1 Å². The zero-order valence-corrected chi connectivity index (χ0v) is 9.49. The summed E-state index contributed by atoms with van der Waals surface area (Å²) < 4.78 is 5.28. The molecule has 1 saturated carbocycles. The second-order valence-corrected chi connectivity index (χ2v) is 4.32. The number of rotatable bonds is 5. The molecular formula is C13H19NO. The first-order valence-corrected chi connectivity index (χ1v) is 5.55.